The number of halogens is 1. The molecule has 1 aromatic carbocycles. The monoisotopic (exact) mass is 338 g/mol. The lowest BCUT2D eigenvalue weighted by Crippen LogP contribution is -2.11. The van der Waals surface area contributed by atoms with E-state index in [1.54, 1.807) is 18.0 Å². The fourth-order valence-corrected chi connectivity index (χ4v) is 2.53. The summed E-state index contributed by atoms with van der Waals surface area (Å²) in [4.78, 5) is 4.30. The highest BCUT2D eigenvalue weighted by molar-refractivity contribution is 8.13. The van der Waals surface area contributed by atoms with Crippen LogP contribution in [-0.4, -0.2) is 5.17 Å². The molecule has 0 saturated carbocycles. The topological polar surface area (TPSA) is 51.5 Å². The number of thioether (sulfide) groups is 1. The van der Waals surface area contributed by atoms with Gasteiger partial charge >= 0.3 is 0 Å². The first kappa shape index (κ1) is 18.7. The number of rotatable bonds is 4. The Morgan fingerprint density at radius 2 is 1.86 bits per heavy atom. The Bertz CT molecular complexity index is 586. The van der Waals surface area contributed by atoms with Crippen LogP contribution < -0.4 is 5.73 Å². The molecule has 2 aromatic rings. The van der Waals surface area contributed by atoms with E-state index >= 15 is 0 Å². The number of nitrogens with zero attached hydrogens (tertiary/aromatic N) is 1. The molecule has 1 heterocycles. The quantitative estimate of drug-likeness (QED) is 0.646. The van der Waals surface area contributed by atoms with E-state index in [9.17, 15) is 0 Å². The lowest BCUT2D eigenvalue weighted by atomic mass is 9.87. The lowest BCUT2D eigenvalue weighted by Gasteiger charge is -2.19. The zero-order chi connectivity index (χ0) is 15.3. The lowest BCUT2D eigenvalue weighted by molar-refractivity contribution is 0.513. The summed E-state index contributed by atoms with van der Waals surface area (Å²) in [5.41, 5.74) is 8.70. The second-order valence-corrected chi connectivity index (χ2v) is 6.97. The molecule has 0 aliphatic heterocycles. The van der Waals surface area contributed by atoms with Crippen molar-refractivity contribution in [1.29, 1.82) is 0 Å². The van der Waals surface area contributed by atoms with Gasteiger partial charge in [-0.15, -0.1) is 12.4 Å². The Labute approximate surface area is 142 Å². The highest BCUT2D eigenvalue weighted by Crippen LogP contribution is 2.23. The molecule has 0 unspecified atom stereocenters. The van der Waals surface area contributed by atoms with Crippen molar-refractivity contribution in [1.82, 2.24) is 0 Å². The van der Waals surface area contributed by atoms with Gasteiger partial charge in [0.15, 0.2) is 5.17 Å². The molecule has 0 aliphatic rings. The van der Waals surface area contributed by atoms with Crippen molar-refractivity contribution in [3.63, 3.8) is 0 Å². The standard InChI is InChI=1S/C17H22N2OS.ClH/c1-17(2,3)14-8-6-13(7-9-14)12-21-16(18)19-11-15-5-4-10-20-15;/h4-10H,11-12H2,1-3H3,(H2,18,19);1H. The molecule has 0 aliphatic carbocycles. The van der Waals surface area contributed by atoms with Crippen molar-refractivity contribution in [2.75, 3.05) is 0 Å². The maximum Gasteiger partial charge on any atom is 0.154 e. The molecule has 0 saturated heterocycles. The molecular weight excluding hydrogens is 316 g/mol. The van der Waals surface area contributed by atoms with Gasteiger partial charge in [-0.1, -0.05) is 56.8 Å². The number of hydrogen-bond acceptors (Lipinski definition) is 3. The average Bonchev–Trinajstić information content (AvgIpc) is 2.95. The fraction of sp³-hybridized carbons (Fsp3) is 0.353. The Kier molecular flexibility index (Phi) is 7.04. The van der Waals surface area contributed by atoms with Crippen LogP contribution in [0.25, 0.3) is 0 Å². The van der Waals surface area contributed by atoms with Gasteiger partial charge in [0.2, 0.25) is 0 Å². The summed E-state index contributed by atoms with van der Waals surface area (Å²) in [5, 5.41) is 0.589. The van der Waals surface area contributed by atoms with Crippen molar-refractivity contribution in [3.8, 4) is 0 Å². The zero-order valence-electron chi connectivity index (χ0n) is 13.2. The maximum absolute atomic E-state index is 5.91. The minimum atomic E-state index is 0. The Hall–Kier alpha value is -1.39. The molecule has 0 fully saturated rings. The van der Waals surface area contributed by atoms with Gasteiger partial charge in [-0.25, -0.2) is 0 Å². The first-order chi connectivity index (χ1) is 9.95. The van der Waals surface area contributed by atoms with E-state index in [0.717, 1.165) is 11.5 Å². The summed E-state index contributed by atoms with van der Waals surface area (Å²) < 4.78 is 5.22. The van der Waals surface area contributed by atoms with Crippen LogP contribution in [0.4, 0.5) is 0 Å². The van der Waals surface area contributed by atoms with Crippen LogP contribution >= 0.6 is 24.2 Å². The molecule has 120 valence electrons. The first-order valence-corrected chi connectivity index (χ1v) is 7.98. The summed E-state index contributed by atoms with van der Waals surface area (Å²) in [6.45, 7) is 7.15. The van der Waals surface area contributed by atoms with Gasteiger partial charge < -0.3 is 10.2 Å². The van der Waals surface area contributed by atoms with Crippen LogP contribution in [0.3, 0.4) is 0 Å². The van der Waals surface area contributed by atoms with E-state index in [2.05, 4.69) is 50.0 Å². The van der Waals surface area contributed by atoms with Gasteiger partial charge in [-0.05, 0) is 28.7 Å². The van der Waals surface area contributed by atoms with E-state index in [0.29, 0.717) is 11.7 Å². The molecule has 5 heteroatoms. The van der Waals surface area contributed by atoms with Gasteiger partial charge in [-0.2, -0.15) is 0 Å². The van der Waals surface area contributed by atoms with Gasteiger partial charge in [-0.3, -0.25) is 4.99 Å². The van der Waals surface area contributed by atoms with E-state index in [1.165, 1.54) is 11.1 Å². The number of furan rings is 1. The molecule has 0 radical (unpaired) electrons. The van der Waals surface area contributed by atoms with Gasteiger partial charge in [0.25, 0.3) is 0 Å². The Balaban J connectivity index is 0.00000242. The van der Waals surface area contributed by atoms with E-state index in [-0.39, 0.29) is 17.8 Å². The van der Waals surface area contributed by atoms with E-state index in [1.807, 2.05) is 12.1 Å². The number of aliphatic imine (C=N–C) groups is 1. The second kappa shape index (κ2) is 8.30. The average molecular weight is 339 g/mol. The van der Waals surface area contributed by atoms with Gasteiger partial charge in [0, 0.05) is 5.75 Å². The molecule has 2 rings (SSSR count). The summed E-state index contributed by atoms with van der Waals surface area (Å²) in [6.07, 6.45) is 1.64. The normalized spacial score (nSPS) is 12.0. The third-order valence-corrected chi connectivity index (χ3v) is 4.08. The van der Waals surface area contributed by atoms with E-state index < -0.39 is 0 Å². The van der Waals surface area contributed by atoms with Crippen LogP contribution in [0.15, 0.2) is 52.1 Å². The van der Waals surface area contributed by atoms with Crippen molar-refractivity contribution in [2.45, 2.75) is 38.5 Å². The molecule has 0 spiro atoms. The third-order valence-electron chi connectivity index (χ3n) is 3.18. The molecule has 22 heavy (non-hydrogen) atoms. The number of nitrogens with two attached hydrogens (primary N) is 1. The smallest absolute Gasteiger partial charge is 0.154 e. The SMILES string of the molecule is CC(C)(C)c1ccc(CSC(N)=NCc2ccco2)cc1.Cl. The third kappa shape index (κ3) is 5.78. The molecular formula is C17H23ClN2OS. The number of amidine groups is 1. The second-order valence-electron chi connectivity index (χ2n) is 5.97. The molecule has 0 atom stereocenters. The summed E-state index contributed by atoms with van der Waals surface area (Å²) >= 11 is 1.55. The number of hydrogen-bond donors (Lipinski definition) is 1. The largest absolute Gasteiger partial charge is 0.467 e. The van der Waals surface area contributed by atoms with Crippen molar-refractivity contribution in [2.24, 2.45) is 10.7 Å². The van der Waals surface area contributed by atoms with Crippen molar-refractivity contribution < 1.29 is 4.42 Å². The minimum Gasteiger partial charge on any atom is -0.467 e. The fourth-order valence-electron chi connectivity index (χ4n) is 1.86. The Morgan fingerprint density at radius 3 is 2.41 bits per heavy atom. The van der Waals surface area contributed by atoms with Crippen molar-refractivity contribution in [3.05, 3.63) is 59.5 Å². The summed E-state index contributed by atoms with van der Waals surface area (Å²) in [7, 11) is 0. The zero-order valence-corrected chi connectivity index (χ0v) is 14.8. The highest BCUT2D eigenvalue weighted by Gasteiger charge is 2.12. The predicted octanol–water partition coefficient (Wildman–Crippen LogP) is 4.75. The van der Waals surface area contributed by atoms with Crippen LogP contribution in [0.2, 0.25) is 0 Å². The summed E-state index contributed by atoms with van der Waals surface area (Å²) in [5.74, 6) is 1.66. The first-order valence-electron chi connectivity index (χ1n) is 6.99. The van der Waals surface area contributed by atoms with Gasteiger partial charge in [0.05, 0.1) is 12.8 Å². The van der Waals surface area contributed by atoms with Crippen LogP contribution in [-0.2, 0) is 17.7 Å². The number of benzene rings is 1. The van der Waals surface area contributed by atoms with Crippen LogP contribution in [0.1, 0.15) is 37.7 Å². The molecule has 3 nitrogen and oxygen atoms in total. The van der Waals surface area contributed by atoms with Crippen LogP contribution in [0.5, 0.6) is 0 Å². The van der Waals surface area contributed by atoms with Crippen LogP contribution in [0, 0.1) is 0 Å². The maximum atomic E-state index is 5.91. The molecule has 2 N–H and O–H groups in total. The highest BCUT2D eigenvalue weighted by atomic mass is 35.5. The minimum absolute atomic E-state index is 0. The van der Waals surface area contributed by atoms with Crippen molar-refractivity contribution >= 4 is 29.3 Å². The molecule has 0 amide bonds. The molecule has 0 bridgehead atoms. The summed E-state index contributed by atoms with van der Waals surface area (Å²) in [6, 6.07) is 12.4. The molecule has 1 aromatic heterocycles. The Morgan fingerprint density at radius 1 is 1.18 bits per heavy atom. The van der Waals surface area contributed by atoms with E-state index in [4.69, 9.17) is 10.2 Å². The van der Waals surface area contributed by atoms with Gasteiger partial charge in [0.1, 0.15) is 5.76 Å². The predicted molar refractivity (Wildman–Crippen MR) is 97.7 cm³/mol.